The zero-order chi connectivity index (χ0) is 10.3. The van der Waals surface area contributed by atoms with Gasteiger partial charge in [-0.3, -0.25) is 0 Å². The van der Waals surface area contributed by atoms with Crippen LogP contribution in [-0.4, -0.2) is 15.8 Å². The molecular weight excluding hydrogens is 202 g/mol. The molecule has 76 valence electrons. The molecule has 0 unspecified atom stereocenters. The van der Waals surface area contributed by atoms with Crippen molar-refractivity contribution in [1.29, 1.82) is 0 Å². The van der Waals surface area contributed by atoms with Crippen molar-refractivity contribution in [3.05, 3.63) is 22.7 Å². The average Bonchev–Trinajstić information content (AvgIpc) is 2.86. The van der Waals surface area contributed by atoms with Crippen LogP contribution in [0.25, 0.3) is 0 Å². The van der Waals surface area contributed by atoms with Crippen molar-refractivity contribution in [2.75, 3.05) is 0 Å². The van der Waals surface area contributed by atoms with Gasteiger partial charge in [0.25, 0.3) is 0 Å². The highest BCUT2D eigenvalue weighted by Crippen LogP contribution is 2.42. The first kappa shape index (κ1) is 9.62. The second-order valence-corrected chi connectivity index (χ2v) is 4.34. The Kier molecular flexibility index (Phi) is 2.09. The fourth-order valence-electron chi connectivity index (χ4n) is 1.46. The van der Waals surface area contributed by atoms with E-state index >= 15 is 0 Å². The zero-order valence-electron chi connectivity index (χ0n) is 7.63. The van der Waals surface area contributed by atoms with Crippen LogP contribution in [0.3, 0.4) is 0 Å². The summed E-state index contributed by atoms with van der Waals surface area (Å²) in [6.45, 7) is 0. The number of halogens is 1. The average molecular weight is 214 g/mol. The second kappa shape index (κ2) is 3.04. The summed E-state index contributed by atoms with van der Waals surface area (Å²) >= 11 is 5.91. The van der Waals surface area contributed by atoms with Crippen LogP contribution in [-0.2, 0) is 6.42 Å². The number of phenolic OH excluding ortho intramolecular Hbond substituents is 2. The Balaban J connectivity index is 2.35. The Morgan fingerprint density at radius 2 is 2.00 bits per heavy atom. The van der Waals surface area contributed by atoms with Gasteiger partial charge < -0.3 is 15.9 Å². The number of benzene rings is 1. The minimum Gasteiger partial charge on any atom is -0.504 e. The zero-order valence-corrected chi connectivity index (χ0v) is 8.38. The third-order valence-corrected chi connectivity index (χ3v) is 2.98. The Morgan fingerprint density at radius 1 is 1.36 bits per heavy atom. The summed E-state index contributed by atoms with van der Waals surface area (Å²) in [7, 11) is 0. The van der Waals surface area contributed by atoms with E-state index in [1.54, 1.807) is 6.07 Å². The fraction of sp³-hybridized carbons (Fsp3) is 0.400. The lowest BCUT2D eigenvalue weighted by atomic mass is 10.0. The number of phenols is 2. The van der Waals surface area contributed by atoms with Gasteiger partial charge in [0.1, 0.15) is 0 Å². The Bertz CT molecular complexity index is 375. The van der Waals surface area contributed by atoms with Gasteiger partial charge in [-0.15, -0.1) is 0 Å². The molecule has 1 saturated carbocycles. The van der Waals surface area contributed by atoms with Crippen LogP contribution in [0.2, 0.25) is 5.02 Å². The van der Waals surface area contributed by atoms with Crippen molar-refractivity contribution in [2.24, 2.45) is 5.73 Å². The van der Waals surface area contributed by atoms with Gasteiger partial charge in [0.15, 0.2) is 11.5 Å². The van der Waals surface area contributed by atoms with Gasteiger partial charge in [0.05, 0.1) is 0 Å². The summed E-state index contributed by atoms with van der Waals surface area (Å²) < 4.78 is 0. The maximum atomic E-state index is 9.58. The molecule has 1 aliphatic carbocycles. The van der Waals surface area contributed by atoms with Crippen molar-refractivity contribution in [3.63, 3.8) is 0 Å². The van der Waals surface area contributed by atoms with Crippen LogP contribution >= 0.6 is 11.6 Å². The number of rotatable bonds is 2. The second-order valence-electron chi connectivity index (χ2n) is 3.93. The quantitative estimate of drug-likeness (QED) is 0.657. The van der Waals surface area contributed by atoms with Gasteiger partial charge in [0, 0.05) is 16.1 Å². The van der Waals surface area contributed by atoms with Crippen molar-refractivity contribution in [3.8, 4) is 11.5 Å². The molecule has 0 aliphatic heterocycles. The SMILES string of the molecule is NC1(Cc2c(Cl)ccc(O)c2O)CC1. The Labute approximate surface area is 87.1 Å². The van der Waals surface area contributed by atoms with Gasteiger partial charge in [-0.2, -0.15) is 0 Å². The van der Waals surface area contributed by atoms with Crippen LogP contribution in [0.15, 0.2) is 12.1 Å². The van der Waals surface area contributed by atoms with Crippen LogP contribution in [0.4, 0.5) is 0 Å². The van der Waals surface area contributed by atoms with E-state index in [1.807, 2.05) is 0 Å². The van der Waals surface area contributed by atoms with Crippen molar-refractivity contribution in [2.45, 2.75) is 24.8 Å². The van der Waals surface area contributed by atoms with E-state index in [9.17, 15) is 10.2 Å². The molecule has 1 aromatic carbocycles. The van der Waals surface area contributed by atoms with Gasteiger partial charge >= 0.3 is 0 Å². The first-order chi connectivity index (χ1) is 6.52. The minimum atomic E-state index is -0.227. The molecular formula is C10H12ClNO2. The van der Waals surface area contributed by atoms with Gasteiger partial charge in [0.2, 0.25) is 0 Å². The van der Waals surface area contributed by atoms with Gasteiger partial charge in [-0.05, 0) is 31.4 Å². The molecule has 0 amide bonds. The van der Waals surface area contributed by atoms with Gasteiger partial charge in [-0.25, -0.2) is 0 Å². The third kappa shape index (κ3) is 1.65. The molecule has 0 atom stereocenters. The molecule has 4 N–H and O–H groups in total. The molecule has 2 rings (SSSR count). The van der Waals surface area contributed by atoms with E-state index in [1.165, 1.54) is 6.07 Å². The normalized spacial score (nSPS) is 18.1. The predicted molar refractivity (Wildman–Crippen MR) is 54.6 cm³/mol. The van der Waals surface area contributed by atoms with Gasteiger partial charge in [-0.1, -0.05) is 11.6 Å². The van der Waals surface area contributed by atoms with E-state index in [0.29, 0.717) is 17.0 Å². The summed E-state index contributed by atoms with van der Waals surface area (Å²) in [6.07, 6.45) is 2.41. The molecule has 1 aliphatic rings. The molecule has 14 heavy (non-hydrogen) atoms. The smallest absolute Gasteiger partial charge is 0.162 e. The van der Waals surface area contributed by atoms with Crippen LogP contribution in [0.1, 0.15) is 18.4 Å². The maximum absolute atomic E-state index is 9.58. The summed E-state index contributed by atoms with van der Waals surface area (Å²) in [4.78, 5) is 0. The van der Waals surface area contributed by atoms with Crippen LogP contribution < -0.4 is 5.73 Å². The first-order valence-electron chi connectivity index (χ1n) is 4.50. The molecule has 3 nitrogen and oxygen atoms in total. The summed E-state index contributed by atoms with van der Waals surface area (Å²) in [5, 5.41) is 19.3. The molecule has 0 bridgehead atoms. The molecule has 0 saturated heterocycles. The first-order valence-corrected chi connectivity index (χ1v) is 4.88. The van der Waals surface area contributed by atoms with E-state index in [4.69, 9.17) is 17.3 Å². The van der Waals surface area contributed by atoms with E-state index in [-0.39, 0.29) is 17.0 Å². The molecule has 1 fully saturated rings. The highest BCUT2D eigenvalue weighted by molar-refractivity contribution is 6.31. The highest BCUT2D eigenvalue weighted by atomic mass is 35.5. The number of aromatic hydroxyl groups is 2. The topological polar surface area (TPSA) is 66.5 Å². The summed E-state index contributed by atoms with van der Waals surface area (Å²) in [5.74, 6) is -0.289. The molecule has 0 spiro atoms. The standard InChI is InChI=1S/C10H12ClNO2/c11-7-1-2-8(13)9(14)6(7)5-10(12)3-4-10/h1-2,13-14H,3-5,12H2. The highest BCUT2D eigenvalue weighted by Gasteiger charge is 2.39. The molecule has 0 radical (unpaired) electrons. The molecule has 0 aromatic heterocycles. The Morgan fingerprint density at radius 3 is 2.57 bits per heavy atom. The van der Waals surface area contributed by atoms with Crippen LogP contribution in [0, 0.1) is 0 Å². The summed E-state index contributed by atoms with van der Waals surface area (Å²) in [6, 6.07) is 2.94. The number of hydrogen-bond donors (Lipinski definition) is 3. The van der Waals surface area contributed by atoms with Crippen molar-refractivity contribution >= 4 is 11.6 Å². The Hall–Kier alpha value is -0.930. The van der Waals surface area contributed by atoms with Crippen molar-refractivity contribution < 1.29 is 10.2 Å². The fourth-order valence-corrected chi connectivity index (χ4v) is 1.68. The summed E-state index contributed by atoms with van der Waals surface area (Å²) in [5.41, 5.74) is 6.24. The number of hydrogen-bond acceptors (Lipinski definition) is 3. The third-order valence-electron chi connectivity index (χ3n) is 2.63. The van der Waals surface area contributed by atoms with E-state index in [2.05, 4.69) is 0 Å². The lowest BCUT2D eigenvalue weighted by molar-refractivity contribution is 0.397. The molecule has 1 aromatic rings. The van der Waals surface area contributed by atoms with Crippen LogP contribution in [0.5, 0.6) is 11.5 Å². The lowest BCUT2D eigenvalue weighted by Gasteiger charge is -2.12. The monoisotopic (exact) mass is 213 g/mol. The maximum Gasteiger partial charge on any atom is 0.162 e. The largest absolute Gasteiger partial charge is 0.504 e. The minimum absolute atomic E-state index is 0.144. The lowest BCUT2D eigenvalue weighted by Crippen LogP contribution is -2.24. The predicted octanol–water partition coefficient (Wildman–Crippen LogP) is 1.78. The van der Waals surface area contributed by atoms with E-state index in [0.717, 1.165) is 12.8 Å². The van der Waals surface area contributed by atoms with E-state index < -0.39 is 0 Å². The van der Waals surface area contributed by atoms with Crippen molar-refractivity contribution in [1.82, 2.24) is 0 Å². The molecule has 4 heteroatoms. The number of nitrogens with two attached hydrogens (primary N) is 1. The molecule has 0 heterocycles.